The summed E-state index contributed by atoms with van der Waals surface area (Å²) in [6.07, 6.45) is 7.24. The van der Waals surface area contributed by atoms with Crippen molar-refractivity contribution in [2.24, 2.45) is 21.7 Å². The third-order valence-corrected chi connectivity index (χ3v) is 9.51. The number of nitrogens with one attached hydrogen (secondary N) is 1. The van der Waals surface area contributed by atoms with Gasteiger partial charge in [0.15, 0.2) is 0 Å². The summed E-state index contributed by atoms with van der Waals surface area (Å²) in [5.41, 5.74) is -0.403. The van der Waals surface area contributed by atoms with E-state index in [0.29, 0.717) is 24.3 Å². The van der Waals surface area contributed by atoms with Crippen LogP contribution in [0.5, 0.6) is 5.75 Å². The van der Waals surface area contributed by atoms with Crippen molar-refractivity contribution in [1.29, 1.82) is 0 Å². The van der Waals surface area contributed by atoms with Crippen LogP contribution in [0.4, 0.5) is 0 Å². The Morgan fingerprint density at radius 1 is 1.20 bits per heavy atom. The Morgan fingerprint density at radius 2 is 1.93 bits per heavy atom. The number of nitrogens with zero attached hydrogens (tertiary/aromatic N) is 1. The highest BCUT2D eigenvalue weighted by Gasteiger charge is 2.65. The molecule has 0 radical (unpaired) electrons. The van der Waals surface area contributed by atoms with Crippen LogP contribution in [0, 0.1) is 16.7 Å². The molecule has 3 fully saturated rings. The quantitative estimate of drug-likeness (QED) is 0.673. The summed E-state index contributed by atoms with van der Waals surface area (Å²) in [5, 5.41) is 9.95. The van der Waals surface area contributed by atoms with Crippen LogP contribution >= 0.6 is 0 Å². The molecule has 4 rings (SSSR count). The minimum absolute atomic E-state index is 0.116. The van der Waals surface area contributed by atoms with Gasteiger partial charge in [0.25, 0.3) is 0 Å². The lowest BCUT2D eigenvalue weighted by atomic mass is 9.70. The van der Waals surface area contributed by atoms with Gasteiger partial charge in [-0.3, -0.25) is 9.79 Å². The van der Waals surface area contributed by atoms with Crippen molar-refractivity contribution in [3.05, 3.63) is 29.8 Å². The number of ketones is 1. The number of benzene rings is 1. The minimum Gasteiger partial charge on any atom is -0.507 e. The SMILES string of the molecule is CC1(C)[C@@H]2CC[C@@]1(CS(=O)(=O)N[C@@H]1CCCC[C@H]1N=Cc1ccccc1O)C(=O)C2. The predicted molar refractivity (Wildman–Crippen MR) is 117 cm³/mol. The fourth-order valence-electron chi connectivity index (χ4n) is 5.90. The number of aliphatic imine (C=N–C) groups is 1. The van der Waals surface area contributed by atoms with Crippen LogP contribution in [0.2, 0.25) is 0 Å². The lowest BCUT2D eigenvalue weighted by Crippen LogP contribution is -2.50. The molecule has 1 aromatic carbocycles. The van der Waals surface area contributed by atoms with E-state index < -0.39 is 15.4 Å². The molecular weight excluding hydrogens is 400 g/mol. The van der Waals surface area contributed by atoms with E-state index >= 15 is 0 Å². The summed E-state index contributed by atoms with van der Waals surface area (Å²) in [5.74, 6) is 0.457. The molecule has 2 bridgehead atoms. The number of Topliss-reactive ketones (excluding diaryl/α,β-unsaturated/α-hetero) is 1. The van der Waals surface area contributed by atoms with Crippen molar-refractivity contribution in [2.75, 3.05) is 5.75 Å². The summed E-state index contributed by atoms with van der Waals surface area (Å²) < 4.78 is 29.3. The van der Waals surface area contributed by atoms with Gasteiger partial charge >= 0.3 is 0 Å². The highest BCUT2D eigenvalue weighted by Crippen LogP contribution is 2.64. The van der Waals surface area contributed by atoms with E-state index in [0.717, 1.165) is 32.1 Å². The standard InChI is InChI=1S/C23H32N2O4S/c1-22(2)17-11-12-23(22,21(27)13-17)15-30(28,29)25-19-9-5-4-8-18(19)24-14-16-7-3-6-10-20(16)26/h3,6-7,10,14,17-19,25-26H,4-5,8-9,11-13,15H2,1-2H3/t17-,18-,19-,23-/m1/s1. The van der Waals surface area contributed by atoms with E-state index in [1.165, 1.54) is 0 Å². The highest BCUT2D eigenvalue weighted by atomic mass is 32.2. The molecule has 30 heavy (non-hydrogen) atoms. The molecule has 6 nitrogen and oxygen atoms in total. The fraction of sp³-hybridized carbons (Fsp3) is 0.652. The molecule has 0 heterocycles. The molecule has 0 unspecified atom stereocenters. The molecule has 0 amide bonds. The summed E-state index contributed by atoms with van der Waals surface area (Å²) in [4.78, 5) is 17.4. The average molecular weight is 433 g/mol. The van der Waals surface area contributed by atoms with E-state index in [9.17, 15) is 18.3 Å². The van der Waals surface area contributed by atoms with Crippen molar-refractivity contribution < 1.29 is 18.3 Å². The second-order valence-electron chi connectivity index (χ2n) is 9.84. The van der Waals surface area contributed by atoms with E-state index in [1.54, 1.807) is 24.4 Å². The van der Waals surface area contributed by atoms with Crippen LogP contribution in [0.1, 0.15) is 64.4 Å². The van der Waals surface area contributed by atoms with Gasteiger partial charge in [0, 0.05) is 29.7 Å². The summed E-state index contributed by atoms with van der Waals surface area (Å²) in [6, 6.07) is 6.52. The van der Waals surface area contributed by atoms with Crippen LogP contribution in [-0.2, 0) is 14.8 Å². The maximum absolute atomic E-state index is 13.2. The Balaban J connectivity index is 1.50. The lowest BCUT2D eigenvalue weighted by molar-refractivity contribution is -0.128. The van der Waals surface area contributed by atoms with Crippen LogP contribution in [-0.4, -0.2) is 43.4 Å². The number of para-hydroxylation sites is 1. The summed E-state index contributed by atoms with van der Waals surface area (Å²) >= 11 is 0. The third-order valence-electron chi connectivity index (χ3n) is 7.98. The zero-order valence-electron chi connectivity index (χ0n) is 17.8. The maximum Gasteiger partial charge on any atom is 0.212 e. The third kappa shape index (κ3) is 3.71. The first-order valence-electron chi connectivity index (χ1n) is 11.0. The first-order valence-corrected chi connectivity index (χ1v) is 12.6. The largest absolute Gasteiger partial charge is 0.507 e. The smallest absolute Gasteiger partial charge is 0.212 e. The Bertz CT molecular complexity index is 956. The Labute approximate surface area is 179 Å². The van der Waals surface area contributed by atoms with Gasteiger partial charge in [-0.05, 0) is 49.1 Å². The molecule has 0 spiro atoms. The first-order chi connectivity index (χ1) is 14.1. The van der Waals surface area contributed by atoms with Crippen LogP contribution in [0.25, 0.3) is 0 Å². The molecule has 3 aliphatic carbocycles. The number of fused-ring (bicyclic) bond motifs is 2. The number of carbonyl (C=O) groups is 1. The van der Waals surface area contributed by atoms with Crippen molar-refractivity contribution in [3.63, 3.8) is 0 Å². The molecule has 164 valence electrons. The number of hydrogen-bond donors (Lipinski definition) is 2. The molecule has 1 aromatic rings. The summed E-state index contributed by atoms with van der Waals surface area (Å²) in [7, 11) is -3.63. The molecule has 7 heteroatoms. The number of sulfonamides is 1. The van der Waals surface area contributed by atoms with E-state index in [2.05, 4.69) is 23.6 Å². The van der Waals surface area contributed by atoms with Gasteiger partial charge in [-0.2, -0.15) is 0 Å². The molecule has 3 aliphatic rings. The molecule has 4 atom stereocenters. The molecule has 0 aliphatic heterocycles. The van der Waals surface area contributed by atoms with Crippen LogP contribution in [0.3, 0.4) is 0 Å². The Hall–Kier alpha value is -1.73. The maximum atomic E-state index is 13.2. The number of hydrogen-bond acceptors (Lipinski definition) is 5. The number of phenolic OH excluding ortho intramolecular Hbond substituents is 1. The minimum atomic E-state index is -3.63. The molecule has 0 saturated heterocycles. The van der Waals surface area contributed by atoms with Gasteiger partial charge in [0.05, 0.1) is 11.8 Å². The lowest BCUT2D eigenvalue weighted by Gasteiger charge is -2.37. The number of aromatic hydroxyl groups is 1. The first kappa shape index (κ1) is 21.5. The van der Waals surface area contributed by atoms with Gasteiger partial charge in [0.2, 0.25) is 10.0 Å². The highest BCUT2D eigenvalue weighted by molar-refractivity contribution is 7.89. The average Bonchev–Trinajstić information content (AvgIpc) is 3.02. The molecule has 3 saturated carbocycles. The van der Waals surface area contributed by atoms with Crippen molar-refractivity contribution in [2.45, 2.75) is 70.9 Å². The van der Waals surface area contributed by atoms with E-state index in [1.807, 2.05) is 6.07 Å². The zero-order valence-corrected chi connectivity index (χ0v) is 18.6. The van der Waals surface area contributed by atoms with Gasteiger partial charge in [-0.1, -0.05) is 38.8 Å². The van der Waals surface area contributed by atoms with Crippen LogP contribution < -0.4 is 4.72 Å². The van der Waals surface area contributed by atoms with E-state index in [-0.39, 0.29) is 34.8 Å². The zero-order chi connectivity index (χ0) is 21.6. The molecule has 0 aromatic heterocycles. The molecular formula is C23H32N2O4S. The Morgan fingerprint density at radius 3 is 2.60 bits per heavy atom. The van der Waals surface area contributed by atoms with E-state index in [4.69, 9.17) is 0 Å². The van der Waals surface area contributed by atoms with Crippen molar-refractivity contribution >= 4 is 22.0 Å². The number of rotatable bonds is 6. The second-order valence-corrected chi connectivity index (χ2v) is 11.6. The fourth-order valence-corrected chi connectivity index (χ4v) is 8.05. The summed E-state index contributed by atoms with van der Waals surface area (Å²) in [6.45, 7) is 4.12. The van der Waals surface area contributed by atoms with Crippen molar-refractivity contribution in [1.82, 2.24) is 4.72 Å². The molecule has 2 N–H and O–H groups in total. The topological polar surface area (TPSA) is 95.8 Å². The number of carbonyl (C=O) groups excluding carboxylic acids is 1. The van der Waals surface area contributed by atoms with Gasteiger partial charge in [-0.25, -0.2) is 13.1 Å². The van der Waals surface area contributed by atoms with Crippen molar-refractivity contribution in [3.8, 4) is 5.75 Å². The second kappa shape index (κ2) is 7.75. The number of phenols is 1. The Kier molecular flexibility index (Phi) is 5.56. The van der Waals surface area contributed by atoms with Gasteiger partial charge in [0.1, 0.15) is 11.5 Å². The normalized spacial score (nSPS) is 33.4. The van der Waals surface area contributed by atoms with Gasteiger partial charge in [-0.15, -0.1) is 0 Å². The monoisotopic (exact) mass is 432 g/mol. The van der Waals surface area contributed by atoms with Gasteiger partial charge < -0.3 is 5.11 Å². The van der Waals surface area contributed by atoms with Crippen LogP contribution in [0.15, 0.2) is 29.3 Å². The predicted octanol–water partition coefficient (Wildman–Crippen LogP) is 3.44.